The summed E-state index contributed by atoms with van der Waals surface area (Å²) in [7, 11) is -2.93. The first-order chi connectivity index (χ1) is 8.44. The second-order valence-corrected chi connectivity index (χ2v) is 7.83. The smallest absolute Gasteiger partial charge is 0.173 e. The summed E-state index contributed by atoms with van der Waals surface area (Å²) < 4.78 is 22.6. The number of hydrogen-bond donors (Lipinski definition) is 1. The van der Waals surface area contributed by atoms with Gasteiger partial charge in [-0.3, -0.25) is 0 Å². The molecule has 1 N–H and O–H groups in total. The van der Waals surface area contributed by atoms with Crippen molar-refractivity contribution in [3.05, 3.63) is 11.5 Å². The Hall–Kier alpha value is -0.390. The van der Waals surface area contributed by atoms with Gasteiger partial charge in [0.25, 0.3) is 0 Å². The molecule has 2 aliphatic rings. The molecule has 1 fully saturated rings. The lowest BCUT2D eigenvalue weighted by molar-refractivity contribution is 0.178. The summed E-state index contributed by atoms with van der Waals surface area (Å²) in [4.78, 5) is 2.50. The first-order valence-corrected chi connectivity index (χ1v) is 8.55. The molecule has 2 aliphatic heterocycles. The predicted molar refractivity (Wildman–Crippen MR) is 74.2 cm³/mol. The number of likely N-dealkylation sites (tertiary alicyclic amines) is 1. The first-order valence-electron chi connectivity index (χ1n) is 6.84. The third kappa shape index (κ3) is 4.07. The average Bonchev–Trinajstić information content (AvgIpc) is 2.60. The van der Waals surface area contributed by atoms with Gasteiger partial charge in [-0.2, -0.15) is 0 Å². The number of nitrogens with zero attached hydrogens (tertiary/aromatic N) is 1. The van der Waals surface area contributed by atoms with Gasteiger partial charge >= 0.3 is 0 Å². The van der Waals surface area contributed by atoms with Crippen molar-refractivity contribution < 1.29 is 8.42 Å². The summed E-state index contributed by atoms with van der Waals surface area (Å²) in [6.07, 6.45) is 4.03. The van der Waals surface area contributed by atoms with Crippen LogP contribution in [0.15, 0.2) is 11.5 Å². The molecule has 4 nitrogen and oxygen atoms in total. The Morgan fingerprint density at radius 3 is 2.50 bits per heavy atom. The van der Waals surface area contributed by atoms with E-state index in [4.69, 9.17) is 0 Å². The van der Waals surface area contributed by atoms with Crippen LogP contribution in [-0.4, -0.2) is 50.8 Å². The van der Waals surface area contributed by atoms with Crippen molar-refractivity contribution in [3.8, 4) is 0 Å². The number of sulfone groups is 1. The zero-order valence-electron chi connectivity index (χ0n) is 11.3. The van der Waals surface area contributed by atoms with Gasteiger partial charge in [-0.1, -0.05) is 19.9 Å². The summed E-state index contributed by atoms with van der Waals surface area (Å²) in [5.41, 5.74) is 0. The Bertz CT molecular complexity index is 395. The maximum absolute atomic E-state index is 11.3. The number of hydrogen-bond acceptors (Lipinski definition) is 4. The standard InChI is InChI=1S/C13H24N2O2S/c1-11(2)9-15-6-3-12(4-7-15)14-13-5-8-18(16,17)10-13/h5,8,11-14H,3-4,6-7,9-10H2,1-2H3. The molecule has 104 valence electrons. The van der Waals surface area contributed by atoms with Gasteiger partial charge in [0.1, 0.15) is 0 Å². The topological polar surface area (TPSA) is 49.4 Å². The van der Waals surface area contributed by atoms with Crippen LogP contribution in [0.4, 0.5) is 0 Å². The maximum atomic E-state index is 11.3. The molecule has 0 bridgehead atoms. The van der Waals surface area contributed by atoms with Crippen LogP contribution < -0.4 is 5.32 Å². The minimum absolute atomic E-state index is 0.0247. The molecule has 0 aromatic carbocycles. The van der Waals surface area contributed by atoms with E-state index in [1.807, 2.05) is 0 Å². The molecule has 0 aromatic heterocycles. The monoisotopic (exact) mass is 272 g/mol. The van der Waals surface area contributed by atoms with Gasteiger partial charge in [-0.05, 0) is 31.8 Å². The summed E-state index contributed by atoms with van der Waals surface area (Å²) >= 11 is 0. The van der Waals surface area contributed by atoms with Gasteiger partial charge < -0.3 is 10.2 Å². The summed E-state index contributed by atoms with van der Waals surface area (Å²) in [5, 5.41) is 4.80. The highest BCUT2D eigenvalue weighted by atomic mass is 32.2. The van der Waals surface area contributed by atoms with Crippen molar-refractivity contribution in [3.63, 3.8) is 0 Å². The lowest BCUT2D eigenvalue weighted by atomic mass is 10.0. The molecule has 1 atom stereocenters. The van der Waals surface area contributed by atoms with Gasteiger partial charge in [0.2, 0.25) is 0 Å². The fraction of sp³-hybridized carbons (Fsp3) is 0.846. The van der Waals surface area contributed by atoms with Gasteiger partial charge in [0, 0.05) is 24.0 Å². The van der Waals surface area contributed by atoms with Gasteiger partial charge in [-0.15, -0.1) is 0 Å². The van der Waals surface area contributed by atoms with E-state index < -0.39 is 9.84 Å². The molecule has 18 heavy (non-hydrogen) atoms. The molecule has 0 spiro atoms. The normalized spacial score (nSPS) is 29.2. The highest BCUT2D eigenvalue weighted by Gasteiger charge is 2.26. The van der Waals surface area contributed by atoms with Crippen LogP contribution in [0.1, 0.15) is 26.7 Å². The van der Waals surface area contributed by atoms with Crippen molar-refractivity contribution >= 4 is 9.84 Å². The SMILES string of the molecule is CC(C)CN1CCC(NC2C=CS(=O)(=O)C2)CC1. The molecule has 0 aliphatic carbocycles. The van der Waals surface area contributed by atoms with E-state index in [0.717, 1.165) is 31.8 Å². The van der Waals surface area contributed by atoms with Crippen molar-refractivity contribution in [1.29, 1.82) is 0 Å². The van der Waals surface area contributed by atoms with Gasteiger partial charge in [-0.25, -0.2) is 8.42 Å². The zero-order chi connectivity index (χ0) is 13.2. The maximum Gasteiger partial charge on any atom is 0.173 e. The highest BCUT2D eigenvalue weighted by Crippen LogP contribution is 2.15. The largest absolute Gasteiger partial charge is 0.307 e. The molecule has 0 saturated carbocycles. The molecule has 0 amide bonds. The van der Waals surface area contributed by atoms with Crippen molar-refractivity contribution in [2.45, 2.75) is 38.8 Å². The van der Waals surface area contributed by atoms with E-state index in [1.54, 1.807) is 6.08 Å². The fourth-order valence-electron chi connectivity index (χ4n) is 2.78. The molecule has 1 saturated heterocycles. The van der Waals surface area contributed by atoms with Crippen molar-refractivity contribution in [1.82, 2.24) is 10.2 Å². The van der Waals surface area contributed by atoms with Gasteiger partial charge in [0.15, 0.2) is 9.84 Å². The molecule has 0 aromatic rings. The molecule has 1 unspecified atom stereocenters. The van der Waals surface area contributed by atoms with Crippen LogP contribution in [0.2, 0.25) is 0 Å². The molecular formula is C13H24N2O2S. The highest BCUT2D eigenvalue weighted by molar-refractivity contribution is 7.94. The lowest BCUT2D eigenvalue weighted by Crippen LogP contribution is -2.47. The van der Waals surface area contributed by atoms with E-state index in [2.05, 4.69) is 24.1 Å². The van der Waals surface area contributed by atoms with E-state index >= 15 is 0 Å². The Labute approximate surface area is 110 Å². The quantitative estimate of drug-likeness (QED) is 0.830. The minimum atomic E-state index is -2.93. The third-order valence-electron chi connectivity index (χ3n) is 3.59. The van der Waals surface area contributed by atoms with Gasteiger partial charge in [0.05, 0.1) is 5.75 Å². The summed E-state index contributed by atoms with van der Waals surface area (Å²) in [6, 6.07) is 0.494. The van der Waals surface area contributed by atoms with E-state index in [1.165, 1.54) is 12.0 Å². The Morgan fingerprint density at radius 1 is 1.33 bits per heavy atom. The number of piperidine rings is 1. The predicted octanol–water partition coefficient (Wildman–Crippen LogP) is 1.01. The van der Waals surface area contributed by atoms with Crippen LogP contribution in [0.3, 0.4) is 0 Å². The number of nitrogens with one attached hydrogen (secondary N) is 1. The van der Waals surface area contributed by atoms with E-state index in [9.17, 15) is 8.42 Å². The van der Waals surface area contributed by atoms with E-state index in [-0.39, 0.29) is 11.8 Å². The number of rotatable bonds is 4. The lowest BCUT2D eigenvalue weighted by Gasteiger charge is -2.34. The molecule has 2 heterocycles. The molecule has 5 heteroatoms. The van der Waals surface area contributed by atoms with Crippen LogP contribution >= 0.6 is 0 Å². The van der Waals surface area contributed by atoms with Crippen LogP contribution in [0.25, 0.3) is 0 Å². The van der Waals surface area contributed by atoms with Crippen LogP contribution in [-0.2, 0) is 9.84 Å². The fourth-order valence-corrected chi connectivity index (χ4v) is 4.03. The van der Waals surface area contributed by atoms with Crippen molar-refractivity contribution in [2.24, 2.45) is 5.92 Å². The summed E-state index contributed by atoms with van der Waals surface area (Å²) in [6.45, 7) is 7.92. The Morgan fingerprint density at radius 2 is 2.00 bits per heavy atom. The van der Waals surface area contributed by atoms with Crippen LogP contribution in [0, 0.1) is 5.92 Å². The molecule has 2 rings (SSSR count). The van der Waals surface area contributed by atoms with E-state index in [0.29, 0.717) is 6.04 Å². The second-order valence-electron chi connectivity index (χ2n) is 5.90. The van der Waals surface area contributed by atoms with Crippen molar-refractivity contribution in [2.75, 3.05) is 25.4 Å². The third-order valence-corrected chi connectivity index (χ3v) is 4.99. The first kappa shape index (κ1) is 14.0. The Kier molecular flexibility index (Phi) is 4.45. The summed E-state index contributed by atoms with van der Waals surface area (Å²) in [5.74, 6) is 0.955. The average molecular weight is 272 g/mol. The molecule has 0 radical (unpaired) electrons. The zero-order valence-corrected chi connectivity index (χ0v) is 12.1. The van der Waals surface area contributed by atoms with Crippen LogP contribution in [0.5, 0.6) is 0 Å². The Balaban J connectivity index is 1.73. The second kappa shape index (κ2) is 5.72. The minimum Gasteiger partial charge on any atom is -0.307 e. The molecular weight excluding hydrogens is 248 g/mol.